The van der Waals surface area contributed by atoms with Gasteiger partial charge in [-0.15, -0.1) is 11.3 Å². The Kier molecular flexibility index (Phi) is 9.33. The monoisotopic (exact) mass is 650 g/mol. The van der Waals surface area contributed by atoms with Gasteiger partial charge in [-0.1, -0.05) is 39.3 Å². The number of hydrazine groups is 1. The largest absolute Gasteiger partial charge is 0.492 e. The van der Waals surface area contributed by atoms with Gasteiger partial charge in [0.2, 0.25) is 10.0 Å². The minimum Gasteiger partial charge on any atom is -0.492 e. The maximum Gasteiger partial charge on any atom is 0.265 e. The van der Waals surface area contributed by atoms with Crippen LogP contribution < -0.4 is 25.5 Å². The summed E-state index contributed by atoms with van der Waals surface area (Å²) >= 11 is 1.24. The summed E-state index contributed by atoms with van der Waals surface area (Å²) in [4.78, 5) is 31.5. The van der Waals surface area contributed by atoms with Crippen molar-refractivity contribution < 1.29 is 22.7 Å². The van der Waals surface area contributed by atoms with Crippen molar-refractivity contribution in [2.24, 2.45) is 0 Å². The molecule has 238 valence electrons. The van der Waals surface area contributed by atoms with Gasteiger partial charge in [0.25, 0.3) is 11.8 Å². The lowest BCUT2D eigenvalue weighted by molar-refractivity contribution is 0.102. The van der Waals surface area contributed by atoms with Crippen LogP contribution in [0.1, 0.15) is 65.6 Å². The third-order valence-electron chi connectivity index (χ3n) is 7.37. The fourth-order valence-electron chi connectivity index (χ4n) is 5.06. The van der Waals surface area contributed by atoms with Crippen LogP contribution in [0, 0.1) is 0 Å². The second-order valence-electron chi connectivity index (χ2n) is 12.1. The van der Waals surface area contributed by atoms with E-state index in [0.29, 0.717) is 27.6 Å². The molecule has 0 saturated carbocycles. The molecule has 3 heterocycles. The molecule has 4 N–H and O–H groups in total. The van der Waals surface area contributed by atoms with Crippen molar-refractivity contribution in [2.45, 2.75) is 45.4 Å². The standard InChI is InChI=1S/C32H38N6O5S2/c1-32(2,3)22-17-24(28(43-4)25(18-22)37-45(5,41)42)35-31(40)26-16-20-10-9-11-23(29(20)44-26)34-30(39)21-12-13-27(33-19-21)36-38-14-7-6-8-15-38/h9-13,16-19,37H,6-8,14-15H2,1-5H3,(H,33,36)(H,34,39)(H,35,40). The van der Waals surface area contributed by atoms with Crippen LogP contribution in [0.5, 0.6) is 5.75 Å². The fourth-order valence-corrected chi connectivity index (χ4v) is 6.64. The van der Waals surface area contributed by atoms with E-state index >= 15 is 0 Å². The van der Waals surface area contributed by atoms with E-state index in [0.717, 1.165) is 47.8 Å². The second kappa shape index (κ2) is 13.0. The van der Waals surface area contributed by atoms with Gasteiger partial charge in [-0.25, -0.2) is 18.4 Å². The first-order chi connectivity index (χ1) is 21.3. The number of benzene rings is 2. The Morgan fingerprint density at radius 3 is 2.29 bits per heavy atom. The van der Waals surface area contributed by atoms with Crippen LogP contribution in [0.4, 0.5) is 22.9 Å². The predicted octanol–water partition coefficient (Wildman–Crippen LogP) is 6.29. The third-order valence-corrected chi connectivity index (χ3v) is 9.15. The van der Waals surface area contributed by atoms with E-state index in [2.05, 4.69) is 30.8 Å². The average molecular weight is 651 g/mol. The van der Waals surface area contributed by atoms with Crippen molar-refractivity contribution in [3.8, 4) is 5.75 Å². The second-order valence-corrected chi connectivity index (χ2v) is 14.9. The molecule has 11 nitrogen and oxygen atoms in total. The number of pyridine rings is 1. The summed E-state index contributed by atoms with van der Waals surface area (Å²) < 4.78 is 32.9. The van der Waals surface area contributed by atoms with Gasteiger partial charge >= 0.3 is 0 Å². The normalized spacial score (nSPS) is 14.2. The Balaban J connectivity index is 1.36. The lowest BCUT2D eigenvalue weighted by Crippen LogP contribution is -2.35. The van der Waals surface area contributed by atoms with Crippen LogP contribution in [0.2, 0.25) is 0 Å². The Hall–Kier alpha value is -4.20. The van der Waals surface area contributed by atoms with Gasteiger partial charge in [-0.3, -0.25) is 14.3 Å². The average Bonchev–Trinajstić information content (AvgIpc) is 3.42. The van der Waals surface area contributed by atoms with Crippen molar-refractivity contribution in [1.29, 1.82) is 0 Å². The number of nitrogens with zero attached hydrogens (tertiary/aromatic N) is 2. The van der Waals surface area contributed by atoms with Gasteiger partial charge in [0.1, 0.15) is 5.82 Å². The van der Waals surface area contributed by atoms with Gasteiger partial charge in [0.05, 0.1) is 45.6 Å². The van der Waals surface area contributed by atoms with E-state index in [9.17, 15) is 18.0 Å². The molecule has 4 aromatic rings. The van der Waals surface area contributed by atoms with Gasteiger partial charge in [-0.2, -0.15) is 0 Å². The van der Waals surface area contributed by atoms with Crippen molar-refractivity contribution in [1.82, 2.24) is 9.99 Å². The number of aromatic nitrogens is 1. The number of methoxy groups -OCH3 is 1. The zero-order chi connectivity index (χ0) is 32.4. The first kappa shape index (κ1) is 32.2. The van der Waals surface area contributed by atoms with E-state index in [1.54, 1.807) is 42.6 Å². The molecule has 2 aromatic carbocycles. The van der Waals surface area contributed by atoms with Crippen LogP contribution in [-0.2, 0) is 15.4 Å². The summed E-state index contributed by atoms with van der Waals surface area (Å²) in [7, 11) is -2.20. The van der Waals surface area contributed by atoms with Gasteiger partial charge < -0.3 is 20.8 Å². The maximum atomic E-state index is 13.5. The minimum absolute atomic E-state index is 0.196. The fraction of sp³-hybridized carbons (Fsp3) is 0.344. The van der Waals surface area contributed by atoms with Crippen LogP contribution in [0.15, 0.2) is 54.7 Å². The molecule has 1 fully saturated rings. The Morgan fingerprint density at radius 1 is 0.933 bits per heavy atom. The lowest BCUT2D eigenvalue weighted by Gasteiger charge is -2.27. The molecule has 0 bridgehead atoms. The number of carbonyl (C=O) groups excluding carboxylic acids is 2. The number of anilines is 4. The molecule has 0 aliphatic carbocycles. The third kappa shape index (κ3) is 7.91. The highest BCUT2D eigenvalue weighted by molar-refractivity contribution is 7.92. The Morgan fingerprint density at radius 2 is 1.64 bits per heavy atom. The minimum atomic E-state index is -3.61. The zero-order valence-corrected chi connectivity index (χ0v) is 27.6. The first-order valence-electron chi connectivity index (χ1n) is 14.6. The van der Waals surface area contributed by atoms with E-state index < -0.39 is 15.9 Å². The molecule has 2 aromatic heterocycles. The molecule has 0 radical (unpaired) electrons. The summed E-state index contributed by atoms with van der Waals surface area (Å²) in [6.07, 6.45) is 6.13. The van der Waals surface area contributed by atoms with Crippen LogP contribution >= 0.6 is 11.3 Å². The summed E-state index contributed by atoms with van der Waals surface area (Å²) in [5.41, 5.74) is 5.30. The Bertz CT molecular complexity index is 1830. The van der Waals surface area contributed by atoms with Crippen LogP contribution in [-0.4, -0.2) is 56.7 Å². The van der Waals surface area contributed by atoms with Crippen LogP contribution in [0.25, 0.3) is 10.1 Å². The maximum absolute atomic E-state index is 13.5. The number of ether oxygens (including phenoxy) is 1. The molecule has 5 rings (SSSR count). The molecule has 2 amide bonds. The van der Waals surface area contributed by atoms with Crippen molar-refractivity contribution >= 4 is 66.1 Å². The number of amides is 2. The Labute approximate surface area is 267 Å². The van der Waals surface area contributed by atoms with Gasteiger partial charge in [-0.05, 0) is 65.6 Å². The topological polar surface area (TPSA) is 142 Å². The summed E-state index contributed by atoms with van der Waals surface area (Å²) in [6, 6.07) is 14.2. The van der Waals surface area contributed by atoms with Crippen molar-refractivity contribution in [2.75, 3.05) is 47.2 Å². The van der Waals surface area contributed by atoms with Gasteiger partial charge in [0, 0.05) is 19.3 Å². The summed E-state index contributed by atoms with van der Waals surface area (Å²) in [5, 5.41) is 8.79. The molecular formula is C32H38N6O5S2. The molecule has 13 heteroatoms. The summed E-state index contributed by atoms with van der Waals surface area (Å²) in [5.74, 6) is 0.174. The molecule has 0 unspecified atom stereocenters. The summed E-state index contributed by atoms with van der Waals surface area (Å²) in [6.45, 7) is 7.90. The van der Waals surface area contributed by atoms with Crippen LogP contribution in [0.3, 0.4) is 0 Å². The molecule has 0 spiro atoms. The van der Waals surface area contributed by atoms with E-state index in [1.165, 1.54) is 24.9 Å². The molecule has 1 saturated heterocycles. The smallest absolute Gasteiger partial charge is 0.265 e. The van der Waals surface area contributed by atoms with E-state index in [-0.39, 0.29) is 22.8 Å². The number of thiophene rings is 1. The highest BCUT2D eigenvalue weighted by Crippen LogP contribution is 2.40. The molecule has 1 aliphatic rings. The molecule has 0 atom stereocenters. The van der Waals surface area contributed by atoms with Crippen molar-refractivity contribution in [3.05, 3.63) is 70.7 Å². The van der Waals surface area contributed by atoms with E-state index in [4.69, 9.17) is 4.74 Å². The quantitative estimate of drug-likeness (QED) is 0.166. The number of rotatable bonds is 9. The molecule has 45 heavy (non-hydrogen) atoms. The highest BCUT2D eigenvalue weighted by Gasteiger charge is 2.23. The number of fused-ring (bicyclic) bond motifs is 1. The zero-order valence-electron chi connectivity index (χ0n) is 26.0. The first-order valence-corrected chi connectivity index (χ1v) is 17.3. The van der Waals surface area contributed by atoms with Crippen molar-refractivity contribution in [3.63, 3.8) is 0 Å². The number of hydrogen-bond acceptors (Lipinski definition) is 9. The van der Waals surface area contributed by atoms with E-state index in [1.807, 2.05) is 32.9 Å². The predicted molar refractivity (Wildman–Crippen MR) is 181 cm³/mol. The number of carbonyl (C=O) groups is 2. The SMILES string of the molecule is COc1c(NC(=O)c2cc3cccc(NC(=O)c4ccc(NN5CCCCC5)nc4)c3s2)cc(C(C)(C)C)cc1NS(C)(=O)=O. The number of nitrogens with one attached hydrogen (secondary N) is 4. The molecular weight excluding hydrogens is 613 g/mol. The number of sulfonamides is 1. The molecule has 1 aliphatic heterocycles. The lowest BCUT2D eigenvalue weighted by atomic mass is 9.86. The number of piperidine rings is 1. The van der Waals surface area contributed by atoms with Gasteiger partial charge in [0.15, 0.2) is 5.75 Å². The number of hydrogen-bond donors (Lipinski definition) is 4. The highest BCUT2D eigenvalue weighted by atomic mass is 32.2.